The number of nitroso groups, excluding NO2 is 1. The molecule has 3 rings (SSSR count). The molecular formula is C21H22F3N3O4. The minimum atomic E-state index is -4.71. The van der Waals surface area contributed by atoms with Crippen LogP contribution < -0.4 is 5.73 Å². The van der Waals surface area contributed by atoms with Crippen molar-refractivity contribution in [1.29, 1.82) is 0 Å². The van der Waals surface area contributed by atoms with Crippen LogP contribution in [-0.2, 0) is 28.2 Å². The molecule has 7 nitrogen and oxygen atoms in total. The van der Waals surface area contributed by atoms with E-state index in [0.29, 0.717) is 31.3 Å². The Morgan fingerprint density at radius 1 is 1.23 bits per heavy atom. The number of carbonyl (C=O) groups is 1. The second kappa shape index (κ2) is 8.64. The first-order valence-electron chi connectivity index (χ1n) is 9.59. The number of aliphatic hydroxyl groups is 1. The number of nitrogens with zero attached hydrogens (tertiary/aromatic N) is 2. The van der Waals surface area contributed by atoms with Crippen molar-refractivity contribution < 1.29 is 27.8 Å². The van der Waals surface area contributed by atoms with E-state index in [-0.39, 0.29) is 5.92 Å². The highest BCUT2D eigenvalue weighted by Crippen LogP contribution is 2.35. The molecule has 2 aromatic rings. The van der Waals surface area contributed by atoms with E-state index in [1.54, 1.807) is 12.1 Å². The number of rotatable bonds is 6. The molecule has 1 heterocycles. The predicted octanol–water partition coefficient (Wildman–Crippen LogP) is 3.61. The van der Waals surface area contributed by atoms with Gasteiger partial charge in [0.15, 0.2) is 0 Å². The molecule has 0 aliphatic carbocycles. The molecule has 3 atom stereocenters. The number of nitrogens with two attached hydrogens (primary N) is 1. The molecule has 0 amide bonds. The van der Waals surface area contributed by atoms with Crippen molar-refractivity contribution in [2.45, 2.75) is 38.0 Å². The molecule has 3 unspecified atom stereocenters. The fourth-order valence-corrected chi connectivity index (χ4v) is 3.67. The monoisotopic (exact) mass is 437 g/mol. The van der Waals surface area contributed by atoms with Gasteiger partial charge >= 0.3 is 18.1 Å². The van der Waals surface area contributed by atoms with E-state index < -0.39 is 35.2 Å². The number of nitrogen functional groups attached to an aromatic ring is 1. The molecule has 0 saturated carbocycles. The summed E-state index contributed by atoms with van der Waals surface area (Å²) in [5.41, 5.74) is 5.48. The summed E-state index contributed by atoms with van der Waals surface area (Å²) in [5, 5.41) is 12.9. The van der Waals surface area contributed by atoms with Gasteiger partial charge in [-0.3, -0.25) is 9.69 Å². The van der Waals surface area contributed by atoms with Crippen LogP contribution in [0.5, 0.6) is 0 Å². The topological polar surface area (TPSA) is 105 Å². The van der Waals surface area contributed by atoms with E-state index in [2.05, 4.69) is 5.18 Å². The van der Waals surface area contributed by atoms with Gasteiger partial charge in [0.1, 0.15) is 6.04 Å². The molecule has 0 radical (unpaired) electrons. The minimum Gasteiger partial charge on any atom is -0.405 e. The smallest absolute Gasteiger partial charge is 0.405 e. The zero-order valence-corrected chi connectivity index (χ0v) is 16.7. The Bertz CT molecular complexity index is 952. The SMILES string of the molecule is CC1CCN(Cc2ccc(N)cc2)C1C(=O)OC(O)(N=O)c1cccc(C(F)(F)F)c1. The number of hydrogen-bond acceptors (Lipinski definition) is 7. The highest BCUT2D eigenvalue weighted by atomic mass is 19.4. The van der Waals surface area contributed by atoms with Gasteiger partial charge in [0.05, 0.1) is 11.1 Å². The molecule has 31 heavy (non-hydrogen) atoms. The lowest BCUT2D eigenvalue weighted by molar-refractivity contribution is -0.217. The maximum Gasteiger partial charge on any atom is 0.416 e. The number of halogens is 3. The lowest BCUT2D eigenvalue weighted by Crippen LogP contribution is -2.43. The van der Waals surface area contributed by atoms with Crippen LogP contribution >= 0.6 is 0 Å². The van der Waals surface area contributed by atoms with Crippen LogP contribution in [0.3, 0.4) is 0 Å². The summed E-state index contributed by atoms with van der Waals surface area (Å²) in [6.07, 6.45) is -4.05. The van der Waals surface area contributed by atoms with Crippen LogP contribution in [0.15, 0.2) is 53.7 Å². The van der Waals surface area contributed by atoms with E-state index in [0.717, 1.165) is 23.8 Å². The summed E-state index contributed by atoms with van der Waals surface area (Å²) in [5.74, 6) is -4.19. The van der Waals surface area contributed by atoms with Crippen LogP contribution in [-0.4, -0.2) is 28.6 Å². The quantitative estimate of drug-likeness (QED) is 0.310. The van der Waals surface area contributed by atoms with Crippen molar-refractivity contribution in [2.75, 3.05) is 12.3 Å². The molecule has 1 aliphatic heterocycles. The van der Waals surface area contributed by atoms with Crippen molar-refractivity contribution >= 4 is 11.7 Å². The van der Waals surface area contributed by atoms with Gasteiger partial charge in [-0.05, 0) is 48.7 Å². The third-order valence-electron chi connectivity index (χ3n) is 5.34. The predicted molar refractivity (Wildman–Crippen MR) is 106 cm³/mol. The molecule has 3 N–H and O–H groups in total. The van der Waals surface area contributed by atoms with Gasteiger partial charge in [0, 0.05) is 17.4 Å². The molecule has 0 spiro atoms. The first kappa shape index (κ1) is 22.7. The Hall–Kier alpha value is -2.98. The maximum absolute atomic E-state index is 13.0. The van der Waals surface area contributed by atoms with Crippen molar-refractivity contribution in [3.05, 3.63) is 70.1 Å². The Kier molecular flexibility index (Phi) is 6.33. The largest absolute Gasteiger partial charge is 0.416 e. The number of benzene rings is 2. The molecule has 1 saturated heterocycles. The van der Waals surface area contributed by atoms with E-state index in [1.807, 2.05) is 24.0 Å². The highest BCUT2D eigenvalue weighted by Gasteiger charge is 2.44. The summed E-state index contributed by atoms with van der Waals surface area (Å²) in [4.78, 5) is 26.0. The molecule has 2 aromatic carbocycles. The molecule has 1 fully saturated rings. The first-order valence-corrected chi connectivity index (χ1v) is 9.59. The zero-order chi connectivity index (χ0) is 22.8. The zero-order valence-electron chi connectivity index (χ0n) is 16.7. The van der Waals surface area contributed by atoms with E-state index in [4.69, 9.17) is 10.5 Å². The number of anilines is 1. The fraction of sp³-hybridized carbons (Fsp3) is 0.381. The van der Waals surface area contributed by atoms with Gasteiger partial charge in [-0.25, -0.2) is 0 Å². The van der Waals surface area contributed by atoms with Crippen LogP contribution in [0.2, 0.25) is 0 Å². The highest BCUT2D eigenvalue weighted by molar-refractivity contribution is 5.77. The van der Waals surface area contributed by atoms with Crippen molar-refractivity contribution in [1.82, 2.24) is 4.90 Å². The van der Waals surface area contributed by atoms with Crippen LogP contribution in [0.25, 0.3) is 0 Å². The summed E-state index contributed by atoms with van der Waals surface area (Å²) < 4.78 is 44.0. The Balaban J connectivity index is 1.81. The van der Waals surface area contributed by atoms with E-state index >= 15 is 0 Å². The van der Waals surface area contributed by atoms with Crippen molar-refractivity contribution in [2.24, 2.45) is 11.1 Å². The van der Waals surface area contributed by atoms with Crippen molar-refractivity contribution in [3.63, 3.8) is 0 Å². The normalized spacial score (nSPS) is 21.5. The third kappa shape index (κ3) is 5.02. The maximum atomic E-state index is 13.0. The second-order valence-electron chi connectivity index (χ2n) is 7.62. The van der Waals surface area contributed by atoms with Crippen molar-refractivity contribution in [3.8, 4) is 0 Å². The number of likely N-dealkylation sites (tertiary alicyclic amines) is 1. The number of carbonyl (C=O) groups excluding carboxylic acids is 1. The Labute approximate surface area is 176 Å². The average molecular weight is 437 g/mol. The summed E-state index contributed by atoms with van der Waals surface area (Å²) in [7, 11) is 0. The van der Waals surface area contributed by atoms with E-state index in [1.165, 1.54) is 0 Å². The molecular weight excluding hydrogens is 415 g/mol. The average Bonchev–Trinajstić information content (AvgIpc) is 3.09. The van der Waals surface area contributed by atoms with Crippen LogP contribution in [0.1, 0.15) is 30.0 Å². The molecule has 0 aromatic heterocycles. The summed E-state index contributed by atoms with van der Waals surface area (Å²) >= 11 is 0. The summed E-state index contributed by atoms with van der Waals surface area (Å²) in [6.45, 7) is 2.76. The first-order chi connectivity index (χ1) is 14.5. The Morgan fingerprint density at radius 2 is 1.87 bits per heavy atom. The second-order valence-corrected chi connectivity index (χ2v) is 7.62. The van der Waals surface area contributed by atoms with Gasteiger partial charge in [-0.2, -0.15) is 13.2 Å². The standard InChI is InChI=1S/C21H22F3N3O4/c1-13-9-10-27(12-14-5-7-17(25)8-6-14)18(13)19(28)31-21(29,26-30)16-4-2-3-15(11-16)20(22,23)24/h2-8,11,13,18,29H,9-10,12,25H2,1H3. The van der Waals surface area contributed by atoms with Gasteiger partial charge < -0.3 is 15.6 Å². The van der Waals surface area contributed by atoms with Gasteiger partial charge in [-0.1, -0.05) is 31.2 Å². The van der Waals surface area contributed by atoms with Gasteiger partial charge in [-0.15, -0.1) is 4.91 Å². The number of esters is 1. The molecule has 0 bridgehead atoms. The number of alkyl halides is 3. The van der Waals surface area contributed by atoms with Crippen LogP contribution in [0.4, 0.5) is 18.9 Å². The molecule has 1 aliphatic rings. The number of ether oxygens (including phenoxy) is 1. The Morgan fingerprint density at radius 3 is 2.48 bits per heavy atom. The summed E-state index contributed by atoms with van der Waals surface area (Å²) in [6, 6.07) is 9.59. The lowest BCUT2D eigenvalue weighted by Gasteiger charge is -2.28. The van der Waals surface area contributed by atoms with E-state index in [9.17, 15) is 28.0 Å². The third-order valence-corrected chi connectivity index (χ3v) is 5.34. The lowest BCUT2D eigenvalue weighted by atomic mass is 10.0. The van der Waals surface area contributed by atoms with Gasteiger partial charge in [0.2, 0.25) is 0 Å². The number of hydrogen-bond donors (Lipinski definition) is 2. The fourth-order valence-electron chi connectivity index (χ4n) is 3.67. The molecule has 10 heteroatoms. The minimum absolute atomic E-state index is 0.168. The van der Waals surface area contributed by atoms with Gasteiger partial charge in [0.25, 0.3) is 0 Å². The molecule has 166 valence electrons. The van der Waals surface area contributed by atoms with Crippen LogP contribution in [0, 0.1) is 10.8 Å².